The summed E-state index contributed by atoms with van der Waals surface area (Å²) in [5.41, 5.74) is 2.32. The van der Waals surface area contributed by atoms with E-state index in [1.807, 2.05) is 31.2 Å². The summed E-state index contributed by atoms with van der Waals surface area (Å²) >= 11 is 0. The maximum absolute atomic E-state index is 11.0. The molecule has 2 rings (SSSR count). The summed E-state index contributed by atoms with van der Waals surface area (Å²) in [5.74, 6) is 0.433. The number of rotatable bonds is 1. The third kappa shape index (κ3) is 1.55. The Morgan fingerprint density at radius 1 is 1.36 bits per heavy atom. The normalized spacial score (nSPS) is 21.1. The first-order valence-corrected chi connectivity index (χ1v) is 4.63. The molecule has 72 valence electrons. The topological polar surface area (TPSA) is 26.3 Å². The van der Waals surface area contributed by atoms with E-state index in [1.54, 1.807) is 0 Å². The number of cyclic esters (lactones) is 1. The average Bonchev–Trinajstić information content (AvgIpc) is 2.47. The molecule has 0 spiro atoms. The van der Waals surface area contributed by atoms with Crippen molar-refractivity contribution in [3.05, 3.63) is 47.7 Å². The molecule has 1 fully saturated rings. The minimum atomic E-state index is -0.180. The Hall–Kier alpha value is -1.57. The van der Waals surface area contributed by atoms with E-state index in [0.29, 0.717) is 12.2 Å². The van der Waals surface area contributed by atoms with Crippen LogP contribution in [-0.2, 0) is 9.53 Å². The van der Waals surface area contributed by atoms with Crippen molar-refractivity contribution in [3.63, 3.8) is 0 Å². The molecule has 2 heteroatoms. The Kier molecular flexibility index (Phi) is 2.12. The molecule has 1 aromatic carbocycles. The van der Waals surface area contributed by atoms with E-state index in [9.17, 15) is 4.79 Å². The average molecular weight is 188 g/mol. The van der Waals surface area contributed by atoms with Gasteiger partial charge in [-0.25, -0.2) is 0 Å². The second kappa shape index (κ2) is 3.29. The quantitative estimate of drug-likeness (QED) is 0.633. The molecule has 14 heavy (non-hydrogen) atoms. The lowest BCUT2D eigenvalue weighted by Crippen LogP contribution is -1.95. The summed E-state index contributed by atoms with van der Waals surface area (Å²) in [5, 5.41) is 0. The van der Waals surface area contributed by atoms with Crippen molar-refractivity contribution in [2.24, 2.45) is 0 Å². The molecular weight excluding hydrogens is 176 g/mol. The third-order valence-corrected chi connectivity index (χ3v) is 2.48. The smallest absolute Gasteiger partial charge is 0.311 e. The SMILES string of the molecule is C=C1OC(=O)CC1c1ccc(C)cc1. The molecule has 0 bridgehead atoms. The van der Waals surface area contributed by atoms with Gasteiger partial charge in [0.2, 0.25) is 0 Å². The summed E-state index contributed by atoms with van der Waals surface area (Å²) in [6.07, 6.45) is 0.419. The largest absolute Gasteiger partial charge is 0.431 e. The van der Waals surface area contributed by atoms with Crippen molar-refractivity contribution < 1.29 is 9.53 Å². The fourth-order valence-corrected chi connectivity index (χ4v) is 1.64. The number of ether oxygens (including phenoxy) is 1. The van der Waals surface area contributed by atoms with E-state index in [-0.39, 0.29) is 11.9 Å². The third-order valence-electron chi connectivity index (χ3n) is 2.48. The molecule has 1 aromatic rings. The predicted octanol–water partition coefficient (Wildman–Crippen LogP) is 2.54. The number of aryl methyl sites for hydroxylation is 1. The Labute approximate surface area is 83.2 Å². The van der Waals surface area contributed by atoms with E-state index < -0.39 is 0 Å². The molecule has 1 aliphatic heterocycles. The van der Waals surface area contributed by atoms with Crippen LogP contribution in [0.3, 0.4) is 0 Å². The summed E-state index contributed by atoms with van der Waals surface area (Å²) < 4.78 is 4.93. The van der Waals surface area contributed by atoms with E-state index in [2.05, 4.69) is 6.58 Å². The fraction of sp³-hybridized carbons (Fsp3) is 0.250. The molecule has 0 amide bonds. The van der Waals surface area contributed by atoms with Crippen molar-refractivity contribution in [2.75, 3.05) is 0 Å². The van der Waals surface area contributed by atoms with Crippen LogP contribution in [-0.4, -0.2) is 5.97 Å². The minimum absolute atomic E-state index is 0.0445. The highest BCUT2D eigenvalue weighted by Gasteiger charge is 2.29. The van der Waals surface area contributed by atoms with Gasteiger partial charge in [-0.1, -0.05) is 36.4 Å². The van der Waals surface area contributed by atoms with Crippen LogP contribution >= 0.6 is 0 Å². The van der Waals surface area contributed by atoms with Crippen molar-refractivity contribution in [3.8, 4) is 0 Å². The van der Waals surface area contributed by atoms with E-state index in [1.165, 1.54) is 5.56 Å². The Bertz CT molecular complexity index is 376. The standard InChI is InChI=1S/C12H12O2/c1-8-3-5-10(6-4-8)11-7-12(13)14-9(11)2/h3-6,11H,2,7H2,1H3. The molecule has 0 N–H and O–H groups in total. The zero-order valence-electron chi connectivity index (χ0n) is 8.12. The first-order valence-electron chi connectivity index (χ1n) is 4.63. The number of hydrogen-bond donors (Lipinski definition) is 0. The first kappa shape index (κ1) is 9.00. The molecule has 0 saturated carbocycles. The van der Waals surface area contributed by atoms with Gasteiger partial charge in [-0.3, -0.25) is 4.79 Å². The molecule has 1 aliphatic rings. The molecule has 0 aromatic heterocycles. The van der Waals surface area contributed by atoms with Gasteiger partial charge in [0.05, 0.1) is 12.3 Å². The van der Waals surface area contributed by atoms with Gasteiger partial charge in [0.15, 0.2) is 0 Å². The van der Waals surface area contributed by atoms with Crippen LogP contribution in [0.2, 0.25) is 0 Å². The summed E-state index contributed by atoms with van der Waals surface area (Å²) in [4.78, 5) is 11.0. The summed E-state index contributed by atoms with van der Waals surface area (Å²) in [6, 6.07) is 8.11. The monoisotopic (exact) mass is 188 g/mol. The zero-order chi connectivity index (χ0) is 10.1. The van der Waals surface area contributed by atoms with E-state index in [0.717, 1.165) is 5.56 Å². The van der Waals surface area contributed by atoms with Crippen molar-refractivity contribution in [1.29, 1.82) is 0 Å². The van der Waals surface area contributed by atoms with Gasteiger partial charge in [0.25, 0.3) is 0 Å². The second-order valence-corrected chi connectivity index (χ2v) is 3.61. The van der Waals surface area contributed by atoms with Crippen LogP contribution in [0.25, 0.3) is 0 Å². The number of benzene rings is 1. The highest BCUT2D eigenvalue weighted by atomic mass is 16.5. The molecule has 2 nitrogen and oxygen atoms in total. The molecule has 0 radical (unpaired) electrons. The minimum Gasteiger partial charge on any atom is -0.431 e. The maximum Gasteiger partial charge on any atom is 0.311 e. The molecule has 1 saturated heterocycles. The van der Waals surface area contributed by atoms with Gasteiger partial charge in [-0.2, -0.15) is 0 Å². The predicted molar refractivity (Wildman–Crippen MR) is 53.8 cm³/mol. The Morgan fingerprint density at radius 3 is 2.50 bits per heavy atom. The highest BCUT2D eigenvalue weighted by molar-refractivity contribution is 5.75. The fourth-order valence-electron chi connectivity index (χ4n) is 1.64. The Morgan fingerprint density at radius 2 is 2.00 bits per heavy atom. The van der Waals surface area contributed by atoms with Gasteiger partial charge in [-0.15, -0.1) is 0 Å². The number of carbonyl (C=O) groups excluding carboxylic acids is 1. The van der Waals surface area contributed by atoms with Crippen LogP contribution < -0.4 is 0 Å². The number of allylic oxidation sites excluding steroid dienone is 1. The van der Waals surface area contributed by atoms with Crippen molar-refractivity contribution >= 4 is 5.97 Å². The van der Waals surface area contributed by atoms with E-state index >= 15 is 0 Å². The highest BCUT2D eigenvalue weighted by Crippen LogP contribution is 2.33. The second-order valence-electron chi connectivity index (χ2n) is 3.61. The van der Waals surface area contributed by atoms with Crippen molar-refractivity contribution in [2.45, 2.75) is 19.3 Å². The van der Waals surface area contributed by atoms with Gasteiger partial charge in [0, 0.05) is 0 Å². The van der Waals surface area contributed by atoms with Crippen LogP contribution in [0.15, 0.2) is 36.6 Å². The van der Waals surface area contributed by atoms with Gasteiger partial charge in [0.1, 0.15) is 5.76 Å². The van der Waals surface area contributed by atoms with Crippen LogP contribution in [0.1, 0.15) is 23.5 Å². The summed E-state index contributed by atoms with van der Waals surface area (Å²) in [6.45, 7) is 5.78. The van der Waals surface area contributed by atoms with Gasteiger partial charge < -0.3 is 4.74 Å². The number of esters is 1. The molecule has 1 heterocycles. The van der Waals surface area contributed by atoms with Crippen LogP contribution in [0.4, 0.5) is 0 Å². The van der Waals surface area contributed by atoms with Gasteiger partial charge in [-0.05, 0) is 12.5 Å². The van der Waals surface area contributed by atoms with Crippen LogP contribution in [0.5, 0.6) is 0 Å². The number of hydrogen-bond acceptors (Lipinski definition) is 2. The van der Waals surface area contributed by atoms with E-state index in [4.69, 9.17) is 4.74 Å². The lowest BCUT2D eigenvalue weighted by atomic mass is 9.95. The lowest BCUT2D eigenvalue weighted by Gasteiger charge is -2.07. The molecular formula is C12H12O2. The summed E-state index contributed by atoms with van der Waals surface area (Å²) in [7, 11) is 0. The zero-order valence-corrected chi connectivity index (χ0v) is 8.12. The molecule has 1 unspecified atom stereocenters. The maximum atomic E-state index is 11.0. The first-order chi connectivity index (χ1) is 6.66. The number of carbonyl (C=O) groups is 1. The Balaban J connectivity index is 2.27. The molecule has 1 atom stereocenters. The lowest BCUT2D eigenvalue weighted by molar-refractivity contribution is -0.135. The van der Waals surface area contributed by atoms with Gasteiger partial charge >= 0.3 is 5.97 Å². The van der Waals surface area contributed by atoms with Crippen LogP contribution in [0, 0.1) is 6.92 Å². The molecule has 0 aliphatic carbocycles. The van der Waals surface area contributed by atoms with Crippen molar-refractivity contribution in [1.82, 2.24) is 0 Å².